The van der Waals surface area contributed by atoms with Crippen LogP contribution >= 0.6 is 0 Å². The van der Waals surface area contributed by atoms with Gasteiger partial charge in [-0.05, 0) is 43.9 Å². The predicted octanol–water partition coefficient (Wildman–Crippen LogP) is 1.15. The van der Waals surface area contributed by atoms with Crippen LogP contribution in [0.15, 0.2) is 23.1 Å². The van der Waals surface area contributed by atoms with Crippen LogP contribution in [-0.2, 0) is 10.0 Å². The van der Waals surface area contributed by atoms with Gasteiger partial charge in [-0.3, -0.25) is 0 Å². The maximum absolute atomic E-state index is 11.4. The summed E-state index contributed by atoms with van der Waals surface area (Å²) in [6.07, 6.45) is 2.46. The minimum Gasteiger partial charge on any atom is -0.399 e. The Bertz CT molecular complexity index is 552. The molecule has 1 aromatic rings. The summed E-state index contributed by atoms with van der Waals surface area (Å²) in [7, 11) is -1.77. The highest BCUT2D eigenvalue weighted by atomic mass is 32.2. The quantitative estimate of drug-likeness (QED) is 0.802. The van der Waals surface area contributed by atoms with Crippen molar-refractivity contribution in [2.75, 3.05) is 17.7 Å². The van der Waals surface area contributed by atoms with E-state index in [-0.39, 0.29) is 4.90 Å². The Hall–Kier alpha value is -1.27. The van der Waals surface area contributed by atoms with Crippen molar-refractivity contribution in [1.29, 1.82) is 0 Å². The molecule has 0 aromatic heterocycles. The van der Waals surface area contributed by atoms with Crippen molar-refractivity contribution in [2.45, 2.75) is 30.7 Å². The fourth-order valence-corrected chi connectivity index (χ4v) is 2.69. The number of hydrogen-bond acceptors (Lipinski definition) is 4. The lowest BCUT2D eigenvalue weighted by Crippen LogP contribution is -2.30. The Morgan fingerprint density at radius 3 is 2.44 bits per heavy atom. The first-order valence-corrected chi connectivity index (χ1v) is 7.50. The smallest absolute Gasteiger partial charge is 0.238 e. The lowest BCUT2D eigenvalue weighted by Gasteiger charge is -2.27. The molecule has 0 saturated heterocycles. The molecule has 6 heteroatoms. The molecule has 1 aliphatic carbocycles. The van der Waals surface area contributed by atoms with Gasteiger partial charge >= 0.3 is 0 Å². The van der Waals surface area contributed by atoms with Crippen LogP contribution in [-0.4, -0.2) is 21.5 Å². The molecule has 1 unspecified atom stereocenters. The molecule has 0 aliphatic heterocycles. The third kappa shape index (κ3) is 2.76. The normalized spacial score (nSPS) is 17.5. The van der Waals surface area contributed by atoms with Gasteiger partial charge in [0.1, 0.15) is 0 Å². The van der Waals surface area contributed by atoms with Gasteiger partial charge < -0.3 is 10.6 Å². The van der Waals surface area contributed by atoms with E-state index in [9.17, 15) is 8.42 Å². The monoisotopic (exact) mass is 269 g/mol. The van der Waals surface area contributed by atoms with Gasteiger partial charge in [-0.1, -0.05) is 0 Å². The van der Waals surface area contributed by atoms with Crippen molar-refractivity contribution >= 4 is 21.4 Å². The van der Waals surface area contributed by atoms with Gasteiger partial charge in [-0.25, -0.2) is 13.6 Å². The Kier molecular flexibility index (Phi) is 3.25. The van der Waals surface area contributed by atoms with E-state index >= 15 is 0 Å². The van der Waals surface area contributed by atoms with Crippen LogP contribution in [0.4, 0.5) is 11.4 Å². The number of hydrogen-bond donors (Lipinski definition) is 2. The van der Waals surface area contributed by atoms with Gasteiger partial charge in [0.15, 0.2) is 0 Å². The summed E-state index contributed by atoms with van der Waals surface area (Å²) in [6, 6.07) is 5.10. The van der Waals surface area contributed by atoms with Crippen LogP contribution in [0.25, 0.3) is 0 Å². The third-order valence-corrected chi connectivity index (χ3v) is 4.46. The number of nitrogen functional groups attached to an aromatic ring is 1. The van der Waals surface area contributed by atoms with E-state index in [0.717, 1.165) is 5.69 Å². The Morgan fingerprint density at radius 1 is 1.33 bits per heavy atom. The Morgan fingerprint density at radius 2 is 1.94 bits per heavy atom. The van der Waals surface area contributed by atoms with E-state index in [2.05, 4.69) is 11.8 Å². The molecule has 1 aromatic carbocycles. The summed E-state index contributed by atoms with van der Waals surface area (Å²) in [5, 5.41) is 5.14. The minimum absolute atomic E-state index is 0.0624. The van der Waals surface area contributed by atoms with Crippen LogP contribution in [0.1, 0.15) is 19.8 Å². The van der Waals surface area contributed by atoms with Crippen LogP contribution in [0, 0.1) is 5.92 Å². The number of nitrogens with zero attached hydrogens (tertiary/aromatic N) is 1. The van der Waals surface area contributed by atoms with Gasteiger partial charge in [0, 0.05) is 24.5 Å². The van der Waals surface area contributed by atoms with Crippen molar-refractivity contribution in [1.82, 2.24) is 0 Å². The zero-order chi connectivity index (χ0) is 13.5. The second-order valence-electron chi connectivity index (χ2n) is 4.99. The Labute approximate surface area is 108 Å². The first-order valence-electron chi connectivity index (χ1n) is 5.95. The van der Waals surface area contributed by atoms with Crippen molar-refractivity contribution in [3.05, 3.63) is 18.2 Å². The minimum atomic E-state index is -3.72. The zero-order valence-electron chi connectivity index (χ0n) is 10.6. The summed E-state index contributed by atoms with van der Waals surface area (Å²) in [5.74, 6) is 0.689. The fraction of sp³-hybridized carbons (Fsp3) is 0.500. The number of sulfonamides is 1. The van der Waals surface area contributed by atoms with Gasteiger partial charge in [0.25, 0.3) is 0 Å². The second kappa shape index (κ2) is 4.44. The van der Waals surface area contributed by atoms with Crippen LogP contribution in [0.5, 0.6) is 0 Å². The molecule has 100 valence electrons. The van der Waals surface area contributed by atoms with E-state index in [1.54, 1.807) is 12.1 Å². The van der Waals surface area contributed by atoms with Crippen molar-refractivity contribution in [3.63, 3.8) is 0 Å². The average Bonchev–Trinajstić information content (AvgIpc) is 3.08. The third-order valence-electron chi connectivity index (χ3n) is 3.56. The molecule has 0 spiro atoms. The van der Waals surface area contributed by atoms with Gasteiger partial charge in [-0.15, -0.1) is 0 Å². The highest BCUT2D eigenvalue weighted by Crippen LogP contribution is 2.36. The first-order chi connectivity index (χ1) is 8.29. The Balaban J connectivity index is 2.35. The summed E-state index contributed by atoms with van der Waals surface area (Å²) in [4.78, 5) is 2.12. The zero-order valence-corrected chi connectivity index (χ0v) is 11.4. The van der Waals surface area contributed by atoms with Crippen molar-refractivity contribution in [2.24, 2.45) is 11.1 Å². The van der Waals surface area contributed by atoms with Gasteiger partial charge in [0.05, 0.1) is 4.90 Å². The molecule has 1 atom stereocenters. The maximum Gasteiger partial charge on any atom is 0.238 e. The molecular formula is C12H19N3O2S. The number of anilines is 2. The molecule has 1 saturated carbocycles. The number of benzene rings is 1. The summed E-state index contributed by atoms with van der Waals surface area (Å²) >= 11 is 0. The van der Waals surface area contributed by atoms with Gasteiger partial charge in [0.2, 0.25) is 10.0 Å². The van der Waals surface area contributed by atoms with Crippen LogP contribution < -0.4 is 15.8 Å². The summed E-state index contributed by atoms with van der Waals surface area (Å²) in [6.45, 7) is 2.14. The molecule has 0 heterocycles. The van der Waals surface area contributed by atoms with E-state index in [1.807, 2.05) is 7.05 Å². The lowest BCUT2D eigenvalue weighted by molar-refractivity contribution is 0.596. The second-order valence-corrected chi connectivity index (χ2v) is 6.56. The van der Waals surface area contributed by atoms with Gasteiger partial charge in [-0.2, -0.15) is 0 Å². The molecule has 4 N–H and O–H groups in total. The molecule has 0 amide bonds. The average molecular weight is 269 g/mol. The maximum atomic E-state index is 11.4. The molecule has 1 fully saturated rings. The van der Waals surface area contributed by atoms with E-state index < -0.39 is 10.0 Å². The first kappa shape index (κ1) is 13.2. The van der Waals surface area contributed by atoms with E-state index in [4.69, 9.17) is 10.9 Å². The highest BCUT2D eigenvalue weighted by Gasteiger charge is 2.31. The fourth-order valence-electron chi connectivity index (χ4n) is 2.10. The van der Waals surface area contributed by atoms with E-state index in [0.29, 0.717) is 17.6 Å². The predicted molar refractivity (Wildman–Crippen MR) is 72.8 cm³/mol. The number of nitrogens with two attached hydrogens (primary N) is 2. The lowest BCUT2D eigenvalue weighted by atomic mass is 10.1. The SMILES string of the molecule is CC(C1CC1)N(C)c1cc(N)cc(S(N)(=O)=O)c1. The van der Waals surface area contributed by atoms with Crippen molar-refractivity contribution in [3.8, 4) is 0 Å². The highest BCUT2D eigenvalue weighted by molar-refractivity contribution is 7.89. The van der Waals surface area contributed by atoms with Crippen molar-refractivity contribution < 1.29 is 8.42 Å². The molecular weight excluding hydrogens is 250 g/mol. The molecule has 2 rings (SSSR count). The number of rotatable bonds is 4. The number of primary sulfonamides is 1. The summed E-state index contributed by atoms with van der Waals surface area (Å²) < 4.78 is 22.8. The van der Waals surface area contributed by atoms with Crippen LogP contribution in [0.2, 0.25) is 0 Å². The molecule has 5 nitrogen and oxygen atoms in total. The molecule has 1 aliphatic rings. The van der Waals surface area contributed by atoms with Crippen LogP contribution in [0.3, 0.4) is 0 Å². The molecule has 0 bridgehead atoms. The molecule has 18 heavy (non-hydrogen) atoms. The summed E-state index contributed by atoms with van der Waals surface area (Å²) in [5.41, 5.74) is 6.94. The largest absolute Gasteiger partial charge is 0.399 e. The topological polar surface area (TPSA) is 89.4 Å². The standard InChI is InChI=1S/C12H19N3O2S/c1-8(9-3-4-9)15(2)11-5-10(13)6-12(7-11)18(14,16)17/h5-9H,3-4,13H2,1-2H3,(H2,14,16,17). The van der Waals surface area contributed by atoms with E-state index in [1.165, 1.54) is 18.9 Å². The molecule has 0 radical (unpaired) electrons.